The van der Waals surface area contributed by atoms with Crippen molar-refractivity contribution >= 4 is 28.2 Å². The van der Waals surface area contributed by atoms with E-state index in [1.807, 2.05) is 31.2 Å². The normalized spacial score (nSPS) is 10.8. The zero-order valence-electron chi connectivity index (χ0n) is 10.4. The molecule has 3 aromatic rings. The Balaban J connectivity index is 1.93. The summed E-state index contributed by atoms with van der Waals surface area (Å²) >= 11 is 6.17. The Morgan fingerprint density at radius 1 is 1.26 bits per heavy atom. The van der Waals surface area contributed by atoms with Crippen LogP contribution in [0.5, 0.6) is 0 Å². The van der Waals surface area contributed by atoms with E-state index < -0.39 is 0 Å². The third-order valence-corrected chi connectivity index (χ3v) is 3.43. The molecule has 96 valence electrons. The molecule has 5 heteroatoms. The number of aromatic amines is 1. The molecule has 1 aromatic carbocycles. The van der Waals surface area contributed by atoms with Crippen LogP contribution in [0.15, 0.2) is 36.8 Å². The fourth-order valence-electron chi connectivity index (χ4n) is 2.02. The summed E-state index contributed by atoms with van der Waals surface area (Å²) in [5.74, 6) is 0. The Hall–Kier alpha value is -2.07. The second-order valence-corrected chi connectivity index (χ2v) is 4.73. The maximum Gasteiger partial charge on any atom is 0.0948 e. The van der Waals surface area contributed by atoms with Crippen molar-refractivity contribution in [2.24, 2.45) is 0 Å². The Morgan fingerprint density at radius 3 is 2.95 bits per heavy atom. The number of hydrogen-bond acceptors (Lipinski definition) is 3. The number of imidazole rings is 1. The third kappa shape index (κ3) is 2.27. The summed E-state index contributed by atoms with van der Waals surface area (Å²) in [5.41, 5.74) is 3.91. The summed E-state index contributed by atoms with van der Waals surface area (Å²) in [5, 5.41) is 5.02. The molecule has 0 saturated heterocycles. The van der Waals surface area contributed by atoms with E-state index in [9.17, 15) is 0 Å². The molecule has 0 bridgehead atoms. The number of anilines is 1. The zero-order valence-corrected chi connectivity index (χ0v) is 11.2. The highest BCUT2D eigenvalue weighted by atomic mass is 35.5. The molecular formula is C14H13ClN4. The van der Waals surface area contributed by atoms with Gasteiger partial charge in [-0.25, -0.2) is 4.98 Å². The first-order valence-corrected chi connectivity index (χ1v) is 6.39. The second-order valence-electron chi connectivity index (χ2n) is 4.32. The molecule has 2 N–H and O–H groups in total. The first kappa shape index (κ1) is 12.0. The number of benzene rings is 1. The number of aromatic nitrogens is 3. The molecule has 0 aliphatic rings. The van der Waals surface area contributed by atoms with Gasteiger partial charge in [0.1, 0.15) is 0 Å². The molecule has 0 saturated carbocycles. The van der Waals surface area contributed by atoms with Crippen molar-refractivity contribution in [2.45, 2.75) is 13.5 Å². The molecule has 19 heavy (non-hydrogen) atoms. The van der Waals surface area contributed by atoms with Crippen molar-refractivity contribution in [3.8, 4) is 0 Å². The van der Waals surface area contributed by atoms with Gasteiger partial charge in [-0.05, 0) is 31.2 Å². The van der Waals surface area contributed by atoms with E-state index >= 15 is 0 Å². The van der Waals surface area contributed by atoms with Crippen LogP contribution < -0.4 is 5.32 Å². The molecule has 2 heterocycles. The molecular weight excluding hydrogens is 260 g/mol. The molecule has 0 aliphatic carbocycles. The van der Waals surface area contributed by atoms with Crippen molar-refractivity contribution in [2.75, 3.05) is 5.32 Å². The standard InChI is InChI=1S/C14H13ClN4/c1-9-13(19-8-18-9)7-17-12-5-4-11(15)10-3-2-6-16-14(10)12/h2-6,8,17H,7H2,1H3,(H,18,19). The SMILES string of the molecule is Cc1[nH]cnc1CNc1ccc(Cl)c2cccnc12. The number of nitrogens with zero attached hydrogens (tertiary/aromatic N) is 2. The molecule has 0 fully saturated rings. The van der Waals surface area contributed by atoms with E-state index in [1.165, 1.54) is 0 Å². The van der Waals surface area contributed by atoms with Gasteiger partial charge in [-0.15, -0.1) is 0 Å². The maximum absolute atomic E-state index is 6.17. The van der Waals surface area contributed by atoms with Gasteiger partial charge in [0.2, 0.25) is 0 Å². The van der Waals surface area contributed by atoms with Crippen molar-refractivity contribution in [3.63, 3.8) is 0 Å². The van der Waals surface area contributed by atoms with E-state index in [0.717, 1.165) is 28.0 Å². The minimum atomic E-state index is 0.655. The fraction of sp³-hybridized carbons (Fsp3) is 0.143. The lowest BCUT2D eigenvalue weighted by atomic mass is 10.2. The van der Waals surface area contributed by atoms with Crippen LogP contribution in [0.25, 0.3) is 10.9 Å². The molecule has 4 nitrogen and oxygen atoms in total. The Bertz CT molecular complexity index is 720. The number of hydrogen-bond donors (Lipinski definition) is 2. The number of pyridine rings is 1. The second kappa shape index (κ2) is 4.90. The topological polar surface area (TPSA) is 53.6 Å². The predicted molar refractivity (Wildman–Crippen MR) is 77.4 cm³/mol. The monoisotopic (exact) mass is 272 g/mol. The summed E-state index contributed by atoms with van der Waals surface area (Å²) in [6, 6.07) is 7.68. The van der Waals surface area contributed by atoms with Gasteiger partial charge >= 0.3 is 0 Å². The highest BCUT2D eigenvalue weighted by Gasteiger charge is 2.06. The lowest BCUT2D eigenvalue weighted by molar-refractivity contribution is 1.05. The summed E-state index contributed by atoms with van der Waals surface area (Å²) in [4.78, 5) is 11.7. The van der Waals surface area contributed by atoms with Crippen molar-refractivity contribution in [1.29, 1.82) is 0 Å². The largest absolute Gasteiger partial charge is 0.378 e. The van der Waals surface area contributed by atoms with Crippen molar-refractivity contribution in [3.05, 3.63) is 53.2 Å². The number of rotatable bonds is 3. The number of halogens is 1. The lowest BCUT2D eigenvalue weighted by Gasteiger charge is -2.09. The van der Waals surface area contributed by atoms with E-state index in [1.54, 1.807) is 12.5 Å². The number of aryl methyl sites for hydroxylation is 1. The Labute approximate surface area is 115 Å². The van der Waals surface area contributed by atoms with Crippen LogP contribution in [0.3, 0.4) is 0 Å². The van der Waals surface area contributed by atoms with E-state index in [2.05, 4.69) is 20.3 Å². The molecule has 0 radical (unpaired) electrons. The van der Waals surface area contributed by atoms with Crippen LogP contribution >= 0.6 is 11.6 Å². The van der Waals surface area contributed by atoms with Gasteiger partial charge in [-0.1, -0.05) is 11.6 Å². The molecule has 0 unspecified atom stereocenters. The van der Waals surface area contributed by atoms with Crippen LogP contribution in [-0.2, 0) is 6.54 Å². The maximum atomic E-state index is 6.17. The quantitative estimate of drug-likeness (QED) is 0.767. The van der Waals surface area contributed by atoms with Crippen LogP contribution in [0.4, 0.5) is 5.69 Å². The van der Waals surface area contributed by atoms with E-state index in [-0.39, 0.29) is 0 Å². The molecule has 2 aromatic heterocycles. The van der Waals surface area contributed by atoms with Gasteiger partial charge < -0.3 is 10.3 Å². The number of nitrogens with one attached hydrogen (secondary N) is 2. The van der Waals surface area contributed by atoms with Gasteiger partial charge in [-0.3, -0.25) is 4.98 Å². The van der Waals surface area contributed by atoms with Crippen LogP contribution in [0, 0.1) is 6.92 Å². The summed E-state index contributed by atoms with van der Waals surface area (Å²) in [6.07, 6.45) is 3.47. The van der Waals surface area contributed by atoms with Crippen LogP contribution in [-0.4, -0.2) is 15.0 Å². The van der Waals surface area contributed by atoms with Gasteiger partial charge in [0.15, 0.2) is 0 Å². The molecule has 3 rings (SSSR count). The predicted octanol–water partition coefficient (Wildman–Crippen LogP) is 3.53. The fourth-order valence-corrected chi connectivity index (χ4v) is 2.24. The highest BCUT2D eigenvalue weighted by molar-refractivity contribution is 6.35. The van der Waals surface area contributed by atoms with Crippen LogP contribution in [0.2, 0.25) is 5.02 Å². The van der Waals surface area contributed by atoms with E-state index in [0.29, 0.717) is 11.6 Å². The summed E-state index contributed by atoms with van der Waals surface area (Å²) in [7, 11) is 0. The zero-order chi connectivity index (χ0) is 13.2. The Kier molecular flexibility index (Phi) is 3.09. The average Bonchev–Trinajstić information content (AvgIpc) is 2.84. The minimum Gasteiger partial charge on any atom is -0.378 e. The first-order chi connectivity index (χ1) is 9.25. The van der Waals surface area contributed by atoms with E-state index in [4.69, 9.17) is 11.6 Å². The first-order valence-electron chi connectivity index (χ1n) is 6.01. The van der Waals surface area contributed by atoms with Crippen molar-refractivity contribution in [1.82, 2.24) is 15.0 Å². The molecule has 0 amide bonds. The van der Waals surface area contributed by atoms with Gasteiger partial charge in [-0.2, -0.15) is 0 Å². The lowest BCUT2D eigenvalue weighted by Crippen LogP contribution is -2.02. The molecule has 0 aliphatic heterocycles. The van der Waals surface area contributed by atoms with Gasteiger partial charge in [0.05, 0.1) is 34.8 Å². The number of H-pyrrole nitrogens is 1. The molecule has 0 atom stereocenters. The third-order valence-electron chi connectivity index (χ3n) is 3.10. The average molecular weight is 273 g/mol. The minimum absolute atomic E-state index is 0.655. The van der Waals surface area contributed by atoms with Crippen LogP contribution in [0.1, 0.15) is 11.4 Å². The Morgan fingerprint density at radius 2 is 2.16 bits per heavy atom. The van der Waals surface area contributed by atoms with Gasteiger partial charge in [0, 0.05) is 17.3 Å². The summed E-state index contributed by atoms with van der Waals surface area (Å²) < 4.78 is 0. The molecule has 0 spiro atoms. The van der Waals surface area contributed by atoms with Gasteiger partial charge in [0.25, 0.3) is 0 Å². The summed E-state index contributed by atoms with van der Waals surface area (Å²) in [6.45, 7) is 2.66. The smallest absolute Gasteiger partial charge is 0.0948 e. The van der Waals surface area contributed by atoms with Crippen molar-refractivity contribution < 1.29 is 0 Å². The highest BCUT2D eigenvalue weighted by Crippen LogP contribution is 2.28. The number of fused-ring (bicyclic) bond motifs is 1.